The summed E-state index contributed by atoms with van der Waals surface area (Å²) >= 11 is 8.13. The largest absolute Gasteiger partial charge is 0.476 e. The highest BCUT2D eigenvalue weighted by Gasteiger charge is 2.30. The van der Waals surface area contributed by atoms with Crippen LogP contribution in [0.3, 0.4) is 0 Å². The molecule has 2 aliphatic rings. The standard InChI is InChI=1S/C32H32ClFN4O4S/c1-16-10-17(38(5)12-16)13-41-24-9-7-18-21-14-40-15-22(21)25(27(33)28(18)36-24)19-6-8-23(34)29-26(19)20(11-35)30(43-29)37-31(39)42-32(2,3)4/h6-9,16-17H,10,12-15H2,1-5H3,(H,37,39)/t16-,17+/m1/s1. The predicted molar refractivity (Wildman–Crippen MR) is 166 cm³/mol. The van der Waals surface area contributed by atoms with E-state index in [1.165, 1.54) is 6.07 Å². The van der Waals surface area contributed by atoms with Crippen molar-refractivity contribution in [3.05, 3.63) is 51.8 Å². The molecule has 224 valence electrons. The fraction of sp³-hybridized carbons (Fsp3) is 0.406. The molecule has 2 aliphatic heterocycles. The van der Waals surface area contributed by atoms with Crippen LogP contribution in [0.2, 0.25) is 5.02 Å². The number of hydrogen-bond acceptors (Lipinski definition) is 8. The number of carbonyl (C=O) groups excluding carboxylic acids is 1. The Labute approximate surface area is 258 Å². The van der Waals surface area contributed by atoms with Gasteiger partial charge in [0.05, 0.1) is 34.0 Å². The molecular formula is C32H32ClFN4O4S. The van der Waals surface area contributed by atoms with Crippen LogP contribution in [0.15, 0.2) is 24.3 Å². The maximum atomic E-state index is 15.2. The molecule has 0 radical (unpaired) electrons. The van der Waals surface area contributed by atoms with Crippen LogP contribution in [0, 0.1) is 23.1 Å². The predicted octanol–water partition coefficient (Wildman–Crippen LogP) is 7.88. The van der Waals surface area contributed by atoms with Crippen molar-refractivity contribution in [3.8, 4) is 23.1 Å². The van der Waals surface area contributed by atoms with Crippen LogP contribution in [0.1, 0.15) is 50.8 Å². The SMILES string of the molecule is C[C@@H]1C[C@@H](COc2ccc3c4c(c(-c5ccc(F)c6sc(NC(=O)OC(C)(C)C)c(C#N)c56)c(Cl)c3n2)COC4)N(C)C1. The molecule has 1 fully saturated rings. The number of carbonyl (C=O) groups is 1. The van der Waals surface area contributed by atoms with E-state index in [2.05, 4.69) is 30.3 Å². The number of rotatable bonds is 5. The van der Waals surface area contributed by atoms with Crippen molar-refractivity contribution in [2.24, 2.45) is 5.92 Å². The van der Waals surface area contributed by atoms with Crippen molar-refractivity contribution in [1.29, 1.82) is 5.26 Å². The Hall–Kier alpha value is -3.49. The molecule has 1 saturated heterocycles. The van der Waals surface area contributed by atoms with Crippen molar-refractivity contribution in [2.75, 3.05) is 25.5 Å². The van der Waals surface area contributed by atoms with Crippen LogP contribution < -0.4 is 10.1 Å². The molecule has 0 spiro atoms. The van der Waals surface area contributed by atoms with Crippen LogP contribution in [0.5, 0.6) is 5.88 Å². The lowest BCUT2D eigenvalue weighted by atomic mass is 9.91. The first-order valence-electron chi connectivity index (χ1n) is 14.2. The summed E-state index contributed by atoms with van der Waals surface area (Å²) in [6.45, 7) is 9.68. The second-order valence-corrected chi connectivity index (χ2v) is 13.7. The molecule has 0 bridgehead atoms. The number of thiophene rings is 1. The number of anilines is 1. The van der Waals surface area contributed by atoms with Gasteiger partial charge in [-0.25, -0.2) is 14.2 Å². The van der Waals surface area contributed by atoms with E-state index in [9.17, 15) is 10.1 Å². The van der Waals surface area contributed by atoms with Gasteiger partial charge in [0, 0.05) is 35.0 Å². The van der Waals surface area contributed by atoms with Gasteiger partial charge in [-0.15, -0.1) is 11.3 Å². The molecule has 11 heteroatoms. The summed E-state index contributed by atoms with van der Waals surface area (Å²) in [7, 11) is 2.11. The average molecular weight is 623 g/mol. The number of nitrogens with one attached hydrogen (secondary N) is 1. The third-order valence-corrected chi connectivity index (χ3v) is 9.37. The summed E-state index contributed by atoms with van der Waals surface area (Å²) in [6.07, 6.45) is 0.332. The number of likely N-dealkylation sites (N-methyl/N-ethyl adjacent to an activating group) is 1. The van der Waals surface area contributed by atoms with Gasteiger partial charge in [-0.05, 0) is 69.0 Å². The van der Waals surface area contributed by atoms with Crippen molar-refractivity contribution >= 4 is 55.0 Å². The van der Waals surface area contributed by atoms with Gasteiger partial charge in [0.25, 0.3) is 0 Å². The number of aromatic nitrogens is 1. The second kappa shape index (κ2) is 11.2. The molecular weight excluding hydrogens is 591 g/mol. The zero-order chi connectivity index (χ0) is 30.6. The number of likely N-dealkylation sites (tertiary alicyclic amines) is 1. The van der Waals surface area contributed by atoms with E-state index in [1.807, 2.05) is 12.1 Å². The van der Waals surface area contributed by atoms with Crippen molar-refractivity contribution in [3.63, 3.8) is 0 Å². The zero-order valence-corrected chi connectivity index (χ0v) is 26.2. The van der Waals surface area contributed by atoms with Gasteiger partial charge in [-0.3, -0.25) is 10.2 Å². The van der Waals surface area contributed by atoms with Gasteiger partial charge < -0.3 is 14.2 Å². The Kier molecular flexibility index (Phi) is 7.71. The van der Waals surface area contributed by atoms with Crippen LogP contribution in [0.4, 0.5) is 14.2 Å². The summed E-state index contributed by atoms with van der Waals surface area (Å²) in [5, 5.41) is 14.6. The number of hydrogen-bond donors (Lipinski definition) is 1. The third-order valence-electron chi connectivity index (χ3n) is 7.89. The first-order chi connectivity index (χ1) is 20.4. The number of nitrogens with zero attached hydrogens (tertiary/aromatic N) is 3. The van der Waals surface area contributed by atoms with E-state index in [0.29, 0.717) is 64.7 Å². The maximum Gasteiger partial charge on any atom is 0.412 e. The van der Waals surface area contributed by atoms with Crippen LogP contribution in [-0.4, -0.2) is 47.8 Å². The molecule has 43 heavy (non-hydrogen) atoms. The van der Waals surface area contributed by atoms with Crippen LogP contribution in [0.25, 0.3) is 32.1 Å². The zero-order valence-electron chi connectivity index (χ0n) is 24.6. The Morgan fingerprint density at radius 1 is 1.28 bits per heavy atom. The highest BCUT2D eigenvalue weighted by atomic mass is 35.5. The monoisotopic (exact) mass is 622 g/mol. The molecule has 0 aliphatic carbocycles. The molecule has 4 heterocycles. The van der Waals surface area contributed by atoms with Crippen molar-refractivity contribution in [2.45, 2.75) is 59.0 Å². The van der Waals surface area contributed by atoms with Crippen LogP contribution >= 0.6 is 22.9 Å². The molecule has 2 aromatic heterocycles. The van der Waals surface area contributed by atoms with Gasteiger partial charge in [-0.2, -0.15) is 5.26 Å². The summed E-state index contributed by atoms with van der Waals surface area (Å²) in [5.41, 5.74) is 2.91. The molecule has 4 aromatic rings. The lowest BCUT2D eigenvalue weighted by molar-refractivity contribution is 0.0636. The van der Waals surface area contributed by atoms with E-state index in [4.69, 9.17) is 30.8 Å². The summed E-state index contributed by atoms with van der Waals surface area (Å²) in [6, 6.07) is 9.25. The number of ether oxygens (including phenoxy) is 3. The Balaban J connectivity index is 1.47. The Morgan fingerprint density at radius 2 is 2.05 bits per heavy atom. The fourth-order valence-corrected chi connectivity index (χ4v) is 7.49. The molecule has 0 saturated carbocycles. The first kappa shape index (κ1) is 29.6. The van der Waals surface area contributed by atoms with Gasteiger partial charge in [0.2, 0.25) is 5.88 Å². The lowest BCUT2D eigenvalue weighted by Crippen LogP contribution is -2.30. The van der Waals surface area contributed by atoms with Crippen LogP contribution in [-0.2, 0) is 22.7 Å². The number of halogens is 2. The van der Waals surface area contributed by atoms with E-state index in [-0.39, 0.29) is 15.3 Å². The van der Waals surface area contributed by atoms with Gasteiger partial charge in [0.1, 0.15) is 29.1 Å². The fourth-order valence-electron chi connectivity index (χ4n) is 6.06. The molecule has 0 unspecified atom stereocenters. The Morgan fingerprint density at radius 3 is 2.74 bits per heavy atom. The van der Waals surface area contributed by atoms with E-state index >= 15 is 4.39 Å². The highest BCUT2D eigenvalue weighted by Crippen LogP contribution is 2.48. The lowest BCUT2D eigenvalue weighted by Gasteiger charge is -2.20. The summed E-state index contributed by atoms with van der Waals surface area (Å²) in [5.74, 6) is 0.571. The normalized spacial score (nSPS) is 18.7. The molecule has 2 aromatic carbocycles. The highest BCUT2D eigenvalue weighted by molar-refractivity contribution is 7.23. The minimum absolute atomic E-state index is 0.129. The van der Waals surface area contributed by atoms with E-state index < -0.39 is 17.5 Å². The number of amides is 1. The maximum absolute atomic E-state index is 15.2. The molecule has 1 amide bonds. The number of nitriles is 1. The van der Waals surface area contributed by atoms with Crippen molar-refractivity contribution in [1.82, 2.24) is 9.88 Å². The quantitative estimate of drug-likeness (QED) is 0.242. The van der Waals surface area contributed by atoms with Gasteiger partial charge >= 0.3 is 6.09 Å². The minimum atomic E-state index is -0.746. The molecule has 6 rings (SSSR count). The number of pyridine rings is 1. The van der Waals surface area contributed by atoms with Gasteiger partial charge in [0.15, 0.2) is 0 Å². The third kappa shape index (κ3) is 5.51. The minimum Gasteiger partial charge on any atom is -0.476 e. The average Bonchev–Trinajstić information content (AvgIpc) is 3.64. The number of fused-ring (bicyclic) bond motifs is 4. The number of benzene rings is 2. The van der Waals surface area contributed by atoms with Crippen molar-refractivity contribution < 1.29 is 23.4 Å². The first-order valence-corrected chi connectivity index (χ1v) is 15.3. The topological polar surface area (TPSA) is 96.7 Å². The smallest absolute Gasteiger partial charge is 0.412 e. The second-order valence-electron chi connectivity index (χ2n) is 12.3. The molecule has 8 nitrogen and oxygen atoms in total. The van der Waals surface area contributed by atoms with Gasteiger partial charge in [-0.1, -0.05) is 24.6 Å². The molecule has 2 atom stereocenters. The molecule has 1 N–H and O–H groups in total. The summed E-state index contributed by atoms with van der Waals surface area (Å²) < 4.78 is 32.9. The Bertz CT molecular complexity index is 1810. The van der Waals surface area contributed by atoms with E-state index in [0.717, 1.165) is 40.8 Å². The van der Waals surface area contributed by atoms with E-state index in [1.54, 1.807) is 26.8 Å². The summed E-state index contributed by atoms with van der Waals surface area (Å²) in [4.78, 5) is 19.7.